The van der Waals surface area contributed by atoms with Crippen molar-refractivity contribution in [3.8, 4) is 5.75 Å². The van der Waals surface area contributed by atoms with Gasteiger partial charge < -0.3 is 17.9 Å². The van der Waals surface area contributed by atoms with Crippen molar-refractivity contribution in [3.05, 3.63) is 37.6 Å². The summed E-state index contributed by atoms with van der Waals surface area (Å²) in [5, 5.41) is 0. The van der Waals surface area contributed by atoms with Gasteiger partial charge in [0.05, 0.1) is 0 Å². The van der Waals surface area contributed by atoms with Crippen molar-refractivity contribution in [2.75, 3.05) is 12.3 Å². The van der Waals surface area contributed by atoms with Crippen LogP contribution in [0.1, 0.15) is 5.56 Å². The number of anilines is 1. The van der Waals surface area contributed by atoms with Gasteiger partial charge in [-0.15, -0.1) is 6.42 Å². The summed E-state index contributed by atoms with van der Waals surface area (Å²) in [4.78, 5) is 0. The molecule has 13 heavy (non-hydrogen) atoms. The molecule has 1 aromatic carbocycles. The molecule has 0 fully saturated rings. The van der Waals surface area contributed by atoms with E-state index in [1.54, 1.807) is 0 Å². The minimum absolute atomic E-state index is 0. The number of nitrogens with two attached hydrogens (primary N) is 1. The third-order valence-corrected chi connectivity index (χ3v) is 1.87. The zero-order chi connectivity index (χ0) is 7.68. The first-order chi connectivity index (χ1) is 5.38. The molecule has 1 aliphatic heterocycles. The van der Waals surface area contributed by atoms with Crippen LogP contribution in [-0.2, 0) is 39.1 Å². The Morgan fingerprint density at radius 3 is 2.85 bits per heavy atom. The van der Waals surface area contributed by atoms with E-state index in [0.717, 1.165) is 23.4 Å². The summed E-state index contributed by atoms with van der Waals surface area (Å²) in [7, 11) is 0. The molecule has 0 atom stereocenters. The summed E-state index contributed by atoms with van der Waals surface area (Å²) in [5.74, 6) is 0.938. The van der Waals surface area contributed by atoms with Crippen molar-refractivity contribution in [1.29, 1.82) is 0 Å². The third kappa shape index (κ3) is 2.68. The number of fused-ring (bicyclic) bond motifs is 1. The van der Waals surface area contributed by atoms with Crippen LogP contribution in [0.25, 0.3) is 0 Å². The van der Waals surface area contributed by atoms with Gasteiger partial charge in [0.2, 0.25) is 0 Å². The van der Waals surface area contributed by atoms with Crippen molar-refractivity contribution in [1.82, 2.24) is 0 Å². The maximum Gasteiger partial charge on any atom is 0.117 e. The Bertz CT molecular complexity index is 276. The van der Waals surface area contributed by atoms with Crippen LogP contribution in [0.3, 0.4) is 0 Å². The number of ether oxygens (including phenoxy) is 1. The second-order valence-electron chi connectivity index (χ2n) is 2.63. The number of rotatable bonds is 0. The number of hydrogen-bond donors (Lipinski definition) is 1. The Morgan fingerprint density at radius 1 is 1.38 bits per heavy atom. The molecule has 0 spiro atoms. The zero-order valence-electron chi connectivity index (χ0n) is 7.79. The van der Waals surface area contributed by atoms with Gasteiger partial charge in [0.1, 0.15) is 5.75 Å². The molecular formula is C10H13NOY-2. The average molecular weight is 252 g/mol. The molecule has 0 amide bonds. The second-order valence-corrected chi connectivity index (χ2v) is 2.63. The molecule has 1 aliphatic rings. The molecule has 3 heteroatoms. The standard InChI is InChI=1S/C9H10NO.CH3.Y/c10-8-4-1-5-9-7(8)3-2-6-11-9;;/h1-2,4-5H,3,6,10H2;1H3;/q2*-1;. The van der Waals surface area contributed by atoms with E-state index in [2.05, 4.69) is 6.42 Å². The quantitative estimate of drug-likeness (QED) is 0.565. The number of benzene rings is 1. The molecule has 69 valence electrons. The molecule has 0 aromatic heterocycles. The van der Waals surface area contributed by atoms with Gasteiger partial charge in [0, 0.05) is 38.4 Å². The van der Waals surface area contributed by atoms with Gasteiger partial charge in [-0.1, -0.05) is 6.07 Å². The Hall–Kier alpha value is -0.0761. The zero-order valence-corrected chi connectivity index (χ0v) is 10.6. The van der Waals surface area contributed by atoms with Gasteiger partial charge in [-0.3, -0.25) is 6.42 Å². The van der Waals surface area contributed by atoms with Crippen molar-refractivity contribution < 1.29 is 37.4 Å². The van der Waals surface area contributed by atoms with Crippen LogP contribution in [0.15, 0.2) is 18.2 Å². The molecule has 2 nitrogen and oxygen atoms in total. The van der Waals surface area contributed by atoms with Crippen LogP contribution in [0.2, 0.25) is 0 Å². The van der Waals surface area contributed by atoms with E-state index in [1.165, 1.54) is 0 Å². The Kier molecular flexibility index (Phi) is 5.58. The van der Waals surface area contributed by atoms with E-state index in [9.17, 15) is 0 Å². The molecule has 0 saturated carbocycles. The van der Waals surface area contributed by atoms with Crippen molar-refractivity contribution in [2.24, 2.45) is 0 Å². The Balaban J connectivity index is 0.000000720. The van der Waals surface area contributed by atoms with Crippen LogP contribution >= 0.6 is 0 Å². The molecular weight excluding hydrogens is 239 g/mol. The van der Waals surface area contributed by atoms with E-state index in [1.807, 2.05) is 18.2 Å². The monoisotopic (exact) mass is 252 g/mol. The van der Waals surface area contributed by atoms with Gasteiger partial charge in [-0.2, -0.15) is 0 Å². The van der Waals surface area contributed by atoms with E-state index in [-0.39, 0.29) is 40.1 Å². The fourth-order valence-electron chi connectivity index (χ4n) is 1.29. The maximum absolute atomic E-state index is 5.74. The molecule has 1 heterocycles. The van der Waals surface area contributed by atoms with Gasteiger partial charge >= 0.3 is 0 Å². The fourth-order valence-corrected chi connectivity index (χ4v) is 1.29. The predicted octanol–water partition coefficient (Wildman–Crippen LogP) is 1.86. The molecule has 0 unspecified atom stereocenters. The normalized spacial score (nSPS) is 12.9. The largest absolute Gasteiger partial charge is 0.525 e. The van der Waals surface area contributed by atoms with E-state index < -0.39 is 0 Å². The van der Waals surface area contributed by atoms with E-state index in [0.29, 0.717) is 6.61 Å². The molecule has 1 radical (unpaired) electrons. The van der Waals surface area contributed by atoms with Gasteiger partial charge in [0.25, 0.3) is 0 Å². The van der Waals surface area contributed by atoms with Crippen LogP contribution in [0.5, 0.6) is 5.75 Å². The molecule has 0 saturated heterocycles. The summed E-state index contributed by atoms with van der Waals surface area (Å²) in [6.07, 6.45) is 3.01. The van der Waals surface area contributed by atoms with Crippen LogP contribution < -0.4 is 10.5 Å². The second kappa shape index (κ2) is 5.61. The first-order valence-corrected chi connectivity index (χ1v) is 3.70. The SMILES string of the molecule is Nc1cccc2c1C[CH-]CO2.[CH3-].[Y]. The summed E-state index contributed by atoms with van der Waals surface area (Å²) in [6.45, 7) is 0.705. The first-order valence-electron chi connectivity index (χ1n) is 3.70. The third-order valence-electron chi connectivity index (χ3n) is 1.87. The number of hydrogen-bond acceptors (Lipinski definition) is 2. The van der Waals surface area contributed by atoms with E-state index in [4.69, 9.17) is 10.5 Å². The summed E-state index contributed by atoms with van der Waals surface area (Å²) in [6, 6.07) is 5.78. The summed E-state index contributed by atoms with van der Waals surface area (Å²) < 4.78 is 5.37. The minimum atomic E-state index is 0. The van der Waals surface area contributed by atoms with Gasteiger partial charge in [0.15, 0.2) is 0 Å². The van der Waals surface area contributed by atoms with Crippen LogP contribution in [0, 0.1) is 13.8 Å². The Morgan fingerprint density at radius 2 is 2.15 bits per heavy atom. The summed E-state index contributed by atoms with van der Waals surface area (Å²) >= 11 is 0. The average Bonchev–Trinajstić information content (AvgIpc) is 2.06. The van der Waals surface area contributed by atoms with Crippen molar-refractivity contribution in [3.63, 3.8) is 0 Å². The minimum Gasteiger partial charge on any atom is -0.525 e. The van der Waals surface area contributed by atoms with Crippen molar-refractivity contribution in [2.45, 2.75) is 6.42 Å². The fraction of sp³-hybridized carbons (Fsp3) is 0.200. The van der Waals surface area contributed by atoms with E-state index >= 15 is 0 Å². The topological polar surface area (TPSA) is 35.2 Å². The molecule has 2 rings (SSSR count). The van der Waals surface area contributed by atoms with Crippen molar-refractivity contribution >= 4 is 5.69 Å². The smallest absolute Gasteiger partial charge is 0.117 e. The molecule has 0 bridgehead atoms. The summed E-state index contributed by atoms with van der Waals surface area (Å²) in [5.41, 5.74) is 7.70. The predicted molar refractivity (Wildman–Crippen MR) is 50.8 cm³/mol. The number of nitrogen functional groups attached to an aromatic ring is 1. The first kappa shape index (κ1) is 12.9. The maximum atomic E-state index is 5.74. The van der Waals surface area contributed by atoms with Gasteiger partial charge in [-0.05, 0) is 24.3 Å². The molecule has 1 aromatic rings. The van der Waals surface area contributed by atoms with Gasteiger partial charge in [-0.25, -0.2) is 0 Å². The van der Waals surface area contributed by atoms with Crippen LogP contribution in [0.4, 0.5) is 5.69 Å². The molecule has 2 N–H and O–H groups in total. The Labute approximate surface area is 105 Å². The van der Waals surface area contributed by atoms with Crippen LogP contribution in [-0.4, -0.2) is 6.61 Å². The molecule has 0 aliphatic carbocycles.